The number of carbonyl (C=O) groups is 1. The first kappa shape index (κ1) is 8.25. The fourth-order valence-corrected chi connectivity index (χ4v) is 1.44. The van der Waals surface area contributed by atoms with Gasteiger partial charge < -0.3 is 0 Å². The fraction of sp³-hybridized carbons (Fsp3) is 0.500. The lowest BCUT2D eigenvalue weighted by atomic mass is 10.1. The van der Waals surface area contributed by atoms with Gasteiger partial charge in [-0.3, -0.25) is 4.79 Å². The van der Waals surface area contributed by atoms with Crippen molar-refractivity contribution in [1.29, 1.82) is 0 Å². The SMILES string of the molecule is CC(C)=CC1=C(C=O)CCC1. The van der Waals surface area contributed by atoms with Crippen LogP contribution in [0.3, 0.4) is 0 Å². The second-order valence-electron chi connectivity index (χ2n) is 3.24. The third-order valence-corrected chi connectivity index (χ3v) is 1.91. The minimum absolute atomic E-state index is 0.975. The maximum absolute atomic E-state index is 10.5. The number of hydrogen-bond acceptors (Lipinski definition) is 1. The second kappa shape index (κ2) is 3.51. The van der Waals surface area contributed by atoms with Crippen molar-refractivity contribution in [3.05, 3.63) is 22.8 Å². The number of allylic oxidation sites excluding steroid dienone is 4. The van der Waals surface area contributed by atoms with E-state index in [1.54, 1.807) is 0 Å². The molecule has 0 atom stereocenters. The predicted molar refractivity (Wildman–Crippen MR) is 46.4 cm³/mol. The Labute approximate surface area is 67.8 Å². The van der Waals surface area contributed by atoms with E-state index in [0.29, 0.717) is 0 Å². The smallest absolute Gasteiger partial charge is 0.146 e. The van der Waals surface area contributed by atoms with Crippen molar-refractivity contribution in [3.63, 3.8) is 0 Å². The zero-order valence-electron chi connectivity index (χ0n) is 7.18. The van der Waals surface area contributed by atoms with Crippen molar-refractivity contribution < 1.29 is 4.79 Å². The molecule has 0 fully saturated rings. The molecular weight excluding hydrogens is 136 g/mol. The van der Waals surface area contributed by atoms with Gasteiger partial charge in [-0.05, 0) is 44.3 Å². The molecule has 1 aliphatic rings. The Morgan fingerprint density at radius 3 is 2.45 bits per heavy atom. The maximum atomic E-state index is 10.5. The zero-order valence-corrected chi connectivity index (χ0v) is 7.18. The molecule has 0 aromatic rings. The summed E-state index contributed by atoms with van der Waals surface area (Å²) in [7, 11) is 0. The lowest BCUT2D eigenvalue weighted by Gasteiger charge is -1.94. The largest absolute Gasteiger partial charge is 0.298 e. The molecule has 1 rings (SSSR count). The van der Waals surface area contributed by atoms with Gasteiger partial charge in [0.25, 0.3) is 0 Å². The number of aldehydes is 1. The van der Waals surface area contributed by atoms with Crippen molar-refractivity contribution >= 4 is 6.29 Å². The fourth-order valence-electron chi connectivity index (χ4n) is 1.44. The highest BCUT2D eigenvalue weighted by Gasteiger charge is 2.10. The monoisotopic (exact) mass is 150 g/mol. The number of carbonyl (C=O) groups excluding carboxylic acids is 1. The van der Waals surface area contributed by atoms with Crippen molar-refractivity contribution in [2.45, 2.75) is 33.1 Å². The molecule has 0 saturated carbocycles. The lowest BCUT2D eigenvalue weighted by molar-refractivity contribution is -0.105. The molecule has 0 spiro atoms. The van der Waals surface area contributed by atoms with Crippen LogP contribution in [0.5, 0.6) is 0 Å². The molecule has 0 radical (unpaired) electrons. The Bertz CT molecular complexity index is 217. The van der Waals surface area contributed by atoms with Crippen LogP contribution in [0, 0.1) is 0 Å². The molecule has 1 heteroatoms. The van der Waals surface area contributed by atoms with Gasteiger partial charge in [-0.15, -0.1) is 0 Å². The van der Waals surface area contributed by atoms with Crippen LogP contribution in [0.4, 0.5) is 0 Å². The molecule has 0 aromatic heterocycles. The highest BCUT2D eigenvalue weighted by molar-refractivity contribution is 5.76. The predicted octanol–water partition coefficient (Wildman–Crippen LogP) is 2.63. The van der Waals surface area contributed by atoms with E-state index in [1.165, 1.54) is 11.1 Å². The zero-order chi connectivity index (χ0) is 8.27. The highest BCUT2D eigenvalue weighted by atomic mass is 16.1. The molecule has 1 aliphatic carbocycles. The van der Waals surface area contributed by atoms with E-state index in [0.717, 1.165) is 31.1 Å². The Morgan fingerprint density at radius 2 is 1.91 bits per heavy atom. The van der Waals surface area contributed by atoms with Gasteiger partial charge in [0.1, 0.15) is 6.29 Å². The second-order valence-corrected chi connectivity index (χ2v) is 3.24. The van der Waals surface area contributed by atoms with Crippen LogP contribution in [0.15, 0.2) is 22.8 Å². The van der Waals surface area contributed by atoms with Gasteiger partial charge in [0.05, 0.1) is 0 Å². The van der Waals surface area contributed by atoms with E-state index in [9.17, 15) is 4.79 Å². The van der Waals surface area contributed by atoms with E-state index < -0.39 is 0 Å². The van der Waals surface area contributed by atoms with Crippen molar-refractivity contribution in [1.82, 2.24) is 0 Å². The minimum Gasteiger partial charge on any atom is -0.298 e. The van der Waals surface area contributed by atoms with Crippen LogP contribution in [-0.4, -0.2) is 6.29 Å². The molecule has 0 N–H and O–H groups in total. The molecule has 0 bridgehead atoms. The van der Waals surface area contributed by atoms with E-state index >= 15 is 0 Å². The van der Waals surface area contributed by atoms with Gasteiger partial charge in [0, 0.05) is 0 Å². The normalized spacial score (nSPS) is 16.9. The number of rotatable bonds is 2. The van der Waals surface area contributed by atoms with Crippen LogP contribution in [0.25, 0.3) is 0 Å². The summed E-state index contributed by atoms with van der Waals surface area (Å²) in [6.07, 6.45) is 6.33. The molecular formula is C10H14O. The van der Waals surface area contributed by atoms with Gasteiger partial charge in [-0.25, -0.2) is 0 Å². The Hall–Kier alpha value is -0.850. The average molecular weight is 150 g/mol. The first-order valence-electron chi connectivity index (χ1n) is 4.06. The molecule has 11 heavy (non-hydrogen) atoms. The van der Waals surface area contributed by atoms with Gasteiger partial charge in [-0.1, -0.05) is 11.6 Å². The van der Waals surface area contributed by atoms with E-state index in [1.807, 2.05) is 0 Å². The average Bonchev–Trinajstić information content (AvgIpc) is 2.34. The van der Waals surface area contributed by atoms with E-state index in [2.05, 4.69) is 19.9 Å². The third kappa shape index (κ3) is 2.04. The van der Waals surface area contributed by atoms with Crippen LogP contribution >= 0.6 is 0 Å². The molecule has 0 saturated heterocycles. The van der Waals surface area contributed by atoms with Gasteiger partial charge in [0.2, 0.25) is 0 Å². The molecule has 60 valence electrons. The van der Waals surface area contributed by atoms with Gasteiger partial charge >= 0.3 is 0 Å². The Kier molecular flexibility index (Phi) is 2.64. The molecule has 0 unspecified atom stereocenters. The van der Waals surface area contributed by atoms with Crippen molar-refractivity contribution in [2.24, 2.45) is 0 Å². The maximum Gasteiger partial charge on any atom is 0.146 e. The lowest BCUT2D eigenvalue weighted by Crippen LogP contribution is -1.81. The highest BCUT2D eigenvalue weighted by Crippen LogP contribution is 2.25. The summed E-state index contributed by atoms with van der Waals surface area (Å²) in [6.45, 7) is 4.13. The molecule has 0 aliphatic heterocycles. The number of hydrogen-bond donors (Lipinski definition) is 0. The van der Waals surface area contributed by atoms with Crippen LogP contribution in [0.2, 0.25) is 0 Å². The topological polar surface area (TPSA) is 17.1 Å². The first-order chi connectivity index (χ1) is 5.24. The summed E-state index contributed by atoms with van der Waals surface area (Å²) in [5.74, 6) is 0. The quantitative estimate of drug-likeness (QED) is 0.553. The molecule has 0 amide bonds. The third-order valence-electron chi connectivity index (χ3n) is 1.91. The summed E-state index contributed by atoms with van der Waals surface area (Å²) in [4.78, 5) is 10.5. The molecule has 0 heterocycles. The summed E-state index contributed by atoms with van der Waals surface area (Å²) >= 11 is 0. The summed E-state index contributed by atoms with van der Waals surface area (Å²) < 4.78 is 0. The van der Waals surface area contributed by atoms with Crippen LogP contribution in [-0.2, 0) is 4.79 Å². The summed E-state index contributed by atoms with van der Waals surface area (Å²) in [5.41, 5.74) is 3.53. The van der Waals surface area contributed by atoms with Gasteiger partial charge in [-0.2, -0.15) is 0 Å². The molecule has 0 aromatic carbocycles. The first-order valence-corrected chi connectivity index (χ1v) is 4.06. The van der Waals surface area contributed by atoms with Crippen molar-refractivity contribution in [2.75, 3.05) is 0 Å². The van der Waals surface area contributed by atoms with E-state index in [-0.39, 0.29) is 0 Å². The van der Waals surface area contributed by atoms with Crippen molar-refractivity contribution in [3.8, 4) is 0 Å². The van der Waals surface area contributed by atoms with Crippen LogP contribution in [0.1, 0.15) is 33.1 Å². The van der Waals surface area contributed by atoms with E-state index in [4.69, 9.17) is 0 Å². The standard InChI is InChI=1S/C10H14O/c1-8(2)6-9-4-3-5-10(9)7-11/h6-7H,3-5H2,1-2H3. The Balaban J connectivity index is 2.83. The molecule has 1 nitrogen and oxygen atoms in total. The van der Waals surface area contributed by atoms with Gasteiger partial charge in [0.15, 0.2) is 0 Å². The summed E-state index contributed by atoms with van der Waals surface area (Å²) in [6, 6.07) is 0. The minimum atomic E-state index is 0.975. The van der Waals surface area contributed by atoms with Crippen LogP contribution < -0.4 is 0 Å². The Morgan fingerprint density at radius 1 is 1.27 bits per heavy atom. The summed E-state index contributed by atoms with van der Waals surface area (Å²) in [5, 5.41) is 0.